The Bertz CT molecular complexity index is 486. The fourth-order valence-electron chi connectivity index (χ4n) is 2.31. The summed E-state index contributed by atoms with van der Waals surface area (Å²) in [6.45, 7) is 4.39. The van der Waals surface area contributed by atoms with Gasteiger partial charge in [-0.3, -0.25) is 4.79 Å². The van der Waals surface area contributed by atoms with E-state index in [-0.39, 0.29) is 18.6 Å². The quantitative estimate of drug-likeness (QED) is 0.843. The van der Waals surface area contributed by atoms with E-state index in [1.807, 2.05) is 13.0 Å². The summed E-state index contributed by atoms with van der Waals surface area (Å²) >= 11 is 0. The van der Waals surface area contributed by atoms with Gasteiger partial charge in [0.25, 0.3) is 0 Å². The Morgan fingerprint density at radius 2 is 2.40 bits per heavy atom. The molecule has 7 nitrogen and oxygen atoms in total. The second-order valence-electron chi connectivity index (χ2n) is 4.69. The van der Waals surface area contributed by atoms with Gasteiger partial charge in [-0.15, -0.1) is 0 Å². The van der Waals surface area contributed by atoms with Gasteiger partial charge in [0, 0.05) is 12.6 Å². The first-order valence-corrected chi connectivity index (χ1v) is 6.75. The Morgan fingerprint density at radius 1 is 1.60 bits per heavy atom. The van der Waals surface area contributed by atoms with E-state index in [1.54, 1.807) is 11.8 Å². The lowest BCUT2D eigenvalue weighted by molar-refractivity contribution is -0.141. The van der Waals surface area contributed by atoms with Crippen molar-refractivity contribution in [2.45, 2.75) is 32.7 Å². The van der Waals surface area contributed by atoms with Crippen LogP contribution in [0.2, 0.25) is 0 Å². The van der Waals surface area contributed by atoms with Crippen molar-refractivity contribution in [3.05, 3.63) is 17.5 Å². The van der Waals surface area contributed by atoms with Crippen molar-refractivity contribution >= 4 is 12.0 Å². The van der Waals surface area contributed by atoms with E-state index >= 15 is 0 Å². The maximum Gasteiger partial charge on any atom is 0.325 e. The Kier molecular flexibility index (Phi) is 4.60. The van der Waals surface area contributed by atoms with Crippen LogP contribution in [0, 0.1) is 6.92 Å². The van der Waals surface area contributed by atoms with Crippen LogP contribution < -0.4 is 5.32 Å². The maximum atomic E-state index is 12.1. The van der Waals surface area contributed by atoms with Crippen molar-refractivity contribution in [2.24, 2.45) is 0 Å². The normalized spacial score (nSPS) is 18.1. The fraction of sp³-hybridized carbons (Fsp3) is 0.615. The summed E-state index contributed by atoms with van der Waals surface area (Å²) in [6.07, 6.45) is 1.73. The number of nitrogens with zero attached hydrogens (tertiary/aromatic N) is 2. The molecule has 1 aliphatic heterocycles. The van der Waals surface area contributed by atoms with Crippen LogP contribution in [0.4, 0.5) is 4.79 Å². The molecule has 0 aliphatic carbocycles. The standard InChI is InChI=1S/C13H19N3O4/c1-3-19-12(17)8-14-13(18)16-6-4-5-10(16)11-7-9(2)15-20-11/h7,10H,3-6,8H2,1-2H3,(H,14,18). The van der Waals surface area contributed by atoms with Crippen molar-refractivity contribution < 1.29 is 18.8 Å². The highest BCUT2D eigenvalue weighted by molar-refractivity contribution is 5.81. The zero-order valence-corrected chi connectivity index (χ0v) is 11.7. The van der Waals surface area contributed by atoms with Crippen LogP contribution in [0.5, 0.6) is 0 Å². The Morgan fingerprint density at radius 3 is 3.05 bits per heavy atom. The van der Waals surface area contributed by atoms with Gasteiger partial charge in [-0.2, -0.15) is 0 Å². The van der Waals surface area contributed by atoms with E-state index < -0.39 is 5.97 Å². The summed E-state index contributed by atoms with van der Waals surface area (Å²) in [6, 6.07) is 1.44. The lowest BCUT2D eigenvalue weighted by Crippen LogP contribution is -2.41. The molecule has 0 aromatic carbocycles. The van der Waals surface area contributed by atoms with E-state index in [0.717, 1.165) is 18.5 Å². The smallest absolute Gasteiger partial charge is 0.325 e. The molecule has 1 unspecified atom stereocenters. The molecule has 20 heavy (non-hydrogen) atoms. The number of urea groups is 1. The van der Waals surface area contributed by atoms with Crippen molar-refractivity contribution in [3.8, 4) is 0 Å². The first-order chi connectivity index (χ1) is 9.61. The second-order valence-corrected chi connectivity index (χ2v) is 4.69. The van der Waals surface area contributed by atoms with Crippen molar-refractivity contribution in [1.29, 1.82) is 0 Å². The summed E-state index contributed by atoms with van der Waals surface area (Å²) < 4.78 is 10.00. The molecule has 0 spiro atoms. The molecule has 2 rings (SSSR count). The molecule has 1 aromatic heterocycles. The summed E-state index contributed by atoms with van der Waals surface area (Å²) in [7, 11) is 0. The predicted octanol–water partition coefficient (Wildman–Crippen LogP) is 1.39. The molecular weight excluding hydrogens is 262 g/mol. The van der Waals surface area contributed by atoms with Gasteiger partial charge in [-0.1, -0.05) is 5.16 Å². The van der Waals surface area contributed by atoms with Gasteiger partial charge in [0.05, 0.1) is 18.3 Å². The topological polar surface area (TPSA) is 84.7 Å². The van der Waals surface area contributed by atoms with Crippen LogP contribution in [0.3, 0.4) is 0 Å². The van der Waals surface area contributed by atoms with Crippen LogP contribution >= 0.6 is 0 Å². The van der Waals surface area contributed by atoms with Crippen molar-refractivity contribution in [3.63, 3.8) is 0 Å². The molecule has 0 radical (unpaired) electrons. The molecule has 110 valence electrons. The maximum absolute atomic E-state index is 12.1. The van der Waals surface area contributed by atoms with Crippen molar-refractivity contribution in [1.82, 2.24) is 15.4 Å². The lowest BCUT2D eigenvalue weighted by atomic mass is 10.1. The third-order valence-electron chi connectivity index (χ3n) is 3.18. The minimum absolute atomic E-state index is 0.113. The second kappa shape index (κ2) is 6.40. The van der Waals surface area contributed by atoms with Crippen LogP contribution in [-0.2, 0) is 9.53 Å². The summed E-state index contributed by atoms with van der Waals surface area (Å²) in [5, 5.41) is 6.41. The molecule has 1 fully saturated rings. The van der Waals surface area contributed by atoms with Gasteiger partial charge in [0.1, 0.15) is 6.54 Å². The van der Waals surface area contributed by atoms with Gasteiger partial charge in [0.15, 0.2) is 5.76 Å². The SMILES string of the molecule is CCOC(=O)CNC(=O)N1CCCC1c1cc(C)no1. The molecule has 0 bridgehead atoms. The molecule has 7 heteroatoms. The van der Waals surface area contributed by atoms with Crippen LogP contribution in [0.1, 0.15) is 37.3 Å². The highest BCUT2D eigenvalue weighted by Gasteiger charge is 2.32. The molecule has 1 atom stereocenters. The number of esters is 1. The Balaban J connectivity index is 1.93. The van der Waals surface area contributed by atoms with E-state index in [0.29, 0.717) is 18.9 Å². The molecule has 1 N–H and O–H groups in total. The van der Waals surface area contributed by atoms with Crippen LogP contribution in [0.15, 0.2) is 10.6 Å². The number of ether oxygens (including phenoxy) is 1. The Hall–Kier alpha value is -2.05. The fourth-order valence-corrected chi connectivity index (χ4v) is 2.31. The number of amides is 2. The molecule has 2 amide bonds. The third-order valence-corrected chi connectivity index (χ3v) is 3.18. The molecule has 1 aromatic rings. The minimum atomic E-state index is -0.438. The van der Waals surface area contributed by atoms with E-state index in [9.17, 15) is 9.59 Å². The number of aryl methyl sites for hydroxylation is 1. The van der Waals surface area contributed by atoms with Gasteiger partial charge >= 0.3 is 12.0 Å². The monoisotopic (exact) mass is 281 g/mol. The lowest BCUT2D eigenvalue weighted by Gasteiger charge is -2.22. The zero-order chi connectivity index (χ0) is 14.5. The number of carbonyl (C=O) groups is 2. The number of carbonyl (C=O) groups excluding carboxylic acids is 2. The highest BCUT2D eigenvalue weighted by atomic mass is 16.5. The molecule has 2 heterocycles. The molecule has 1 aliphatic rings. The minimum Gasteiger partial charge on any atom is -0.465 e. The molecular formula is C13H19N3O4. The van der Waals surface area contributed by atoms with Gasteiger partial charge in [-0.05, 0) is 26.7 Å². The molecule has 0 saturated carbocycles. The highest BCUT2D eigenvalue weighted by Crippen LogP contribution is 2.32. The number of aromatic nitrogens is 1. The number of nitrogens with one attached hydrogen (secondary N) is 1. The first kappa shape index (κ1) is 14.4. The largest absolute Gasteiger partial charge is 0.465 e. The van der Waals surface area contributed by atoms with E-state index in [4.69, 9.17) is 9.26 Å². The van der Waals surface area contributed by atoms with Gasteiger partial charge in [-0.25, -0.2) is 4.79 Å². The number of hydrogen-bond acceptors (Lipinski definition) is 5. The number of hydrogen-bond donors (Lipinski definition) is 1. The average molecular weight is 281 g/mol. The predicted molar refractivity (Wildman–Crippen MR) is 70.0 cm³/mol. The first-order valence-electron chi connectivity index (χ1n) is 6.75. The summed E-state index contributed by atoms with van der Waals surface area (Å²) in [5.41, 5.74) is 0.791. The van der Waals surface area contributed by atoms with Crippen LogP contribution in [-0.4, -0.2) is 41.8 Å². The van der Waals surface area contributed by atoms with Crippen LogP contribution in [0.25, 0.3) is 0 Å². The average Bonchev–Trinajstić information content (AvgIpc) is 3.04. The van der Waals surface area contributed by atoms with E-state index in [1.165, 1.54) is 0 Å². The molecule has 1 saturated heterocycles. The van der Waals surface area contributed by atoms with Crippen molar-refractivity contribution in [2.75, 3.05) is 19.7 Å². The number of likely N-dealkylation sites (tertiary alicyclic amines) is 1. The summed E-state index contributed by atoms with van der Waals surface area (Å²) in [4.78, 5) is 25.0. The Labute approximate surface area is 117 Å². The summed E-state index contributed by atoms with van der Waals surface area (Å²) in [5.74, 6) is 0.249. The zero-order valence-electron chi connectivity index (χ0n) is 11.7. The third kappa shape index (κ3) is 3.28. The van der Waals surface area contributed by atoms with E-state index in [2.05, 4.69) is 10.5 Å². The number of rotatable bonds is 4. The van der Waals surface area contributed by atoms with Gasteiger partial charge < -0.3 is 19.5 Å². The van der Waals surface area contributed by atoms with Gasteiger partial charge in [0.2, 0.25) is 0 Å².